The normalized spacial score (nSPS) is 18.5. The molecule has 2 aromatic rings. The maximum absolute atomic E-state index is 9.63. The Balaban J connectivity index is 2.01. The van der Waals surface area contributed by atoms with Gasteiger partial charge < -0.3 is 10.4 Å². The summed E-state index contributed by atoms with van der Waals surface area (Å²) < 4.78 is 0. The minimum Gasteiger partial charge on any atom is -0.508 e. The number of rotatable bonds is 2. The van der Waals surface area contributed by atoms with Crippen LogP contribution in [0.5, 0.6) is 5.75 Å². The number of benzene rings is 2. The molecule has 0 aromatic heterocycles. The average molecular weight is 298 g/mol. The first-order chi connectivity index (χ1) is 10.4. The van der Waals surface area contributed by atoms with Crippen LogP contribution in [-0.2, 0) is 0 Å². The number of nitrogens with one attached hydrogen (secondary N) is 1. The van der Waals surface area contributed by atoms with Gasteiger partial charge in [0.25, 0.3) is 0 Å². The van der Waals surface area contributed by atoms with Crippen LogP contribution in [0.2, 0.25) is 0 Å². The van der Waals surface area contributed by atoms with E-state index in [4.69, 9.17) is 0 Å². The summed E-state index contributed by atoms with van der Waals surface area (Å²) in [6, 6.07) is 12.6. The van der Waals surface area contributed by atoms with E-state index in [0.29, 0.717) is 11.8 Å². The SMILES string of the molecule is CC(C)(C)[C@@H](c1ccc2cc(O)ccc2c1)N1CCNCC1. The van der Waals surface area contributed by atoms with E-state index in [0.717, 1.165) is 31.6 Å². The number of aromatic hydroxyl groups is 1. The highest BCUT2D eigenvalue weighted by Crippen LogP contribution is 2.39. The molecule has 0 bridgehead atoms. The Morgan fingerprint density at radius 3 is 2.32 bits per heavy atom. The molecule has 2 aromatic carbocycles. The summed E-state index contributed by atoms with van der Waals surface area (Å²) in [7, 11) is 0. The Bertz CT molecular complexity index is 654. The highest BCUT2D eigenvalue weighted by atomic mass is 16.3. The third-order valence-corrected chi connectivity index (χ3v) is 4.50. The molecule has 118 valence electrons. The second kappa shape index (κ2) is 5.90. The first-order valence-electron chi connectivity index (χ1n) is 8.12. The van der Waals surface area contributed by atoms with E-state index >= 15 is 0 Å². The Kier molecular flexibility index (Phi) is 4.11. The highest BCUT2D eigenvalue weighted by molar-refractivity contribution is 5.84. The molecule has 22 heavy (non-hydrogen) atoms. The molecule has 1 aliphatic heterocycles. The average Bonchev–Trinajstić information content (AvgIpc) is 2.47. The zero-order chi connectivity index (χ0) is 15.7. The van der Waals surface area contributed by atoms with Crippen molar-refractivity contribution in [2.24, 2.45) is 5.41 Å². The fourth-order valence-corrected chi connectivity index (χ4v) is 3.62. The Morgan fingerprint density at radius 2 is 1.64 bits per heavy atom. The van der Waals surface area contributed by atoms with Crippen LogP contribution < -0.4 is 5.32 Å². The zero-order valence-corrected chi connectivity index (χ0v) is 13.8. The molecule has 0 spiro atoms. The van der Waals surface area contributed by atoms with E-state index in [1.54, 1.807) is 6.07 Å². The van der Waals surface area contributed by atoms with Gasteiger partial charge in [-0.2, -0.15) is 0 Å². The van der Waals surface area contributed by atoms with Gasteiger partial charge in [-0.3, -0.25) is 4.90 Å². The van der Waals surface area contributed by atoms with Gasteiger partial charge >= 0.3 is 0 Å². The zero-order valence-electron chi connectivity index (χ0n) is 13.8. The molecule has 0 radical (unpaired) electrons. The fourth-order valence-electron chi connectivity index (χ4n) is 3.62. The van der Waals surface area contributed by atoms with Gasteiger partial charge in [-0.25, -0.2) is 0 Å². The minimum absolute atomic E-state index is 0.182. The number of piperazine rings is 1. The molecule has 0 amide bonds. The number of phenols is 1. The minimum atomic E-state index is 0.182. The summed E-state index contributed by atoms with van der Waals surface area (Å²) in [5, 5.41) is 15.4. The Morgan fingerprint density at radius 1 is 1.00 bits per heavy atom. The lowest BCUT2D eigenvalue weighted by Gasteiger charge is -2.42. The molecule has 0 saturated carbocycles. The summed E-state index contributed by atoms with van der Waals surface area (Å²) in [5.41, 5.74) is 1.55. The van der Waals surface area contributed by atoms with Gasteiger partial charge in [-0.05, 0) is 39.9 Å². The summed E-state index contributed by atoms with van der Waals surface area (Å²) in [6.45, 7) is 11.3. The molecule has 2 N–H and O–H groups in total. The van der Waals surface area contributed by atoms with Gasteiger partial charge in [0, 0.05) is 32.2 Å². The van der Waals surface area contributed by atoms with Gasteiger partial charge in [0.05, 0.1) is 0 Å². The molecule has 1 heterocycles. The second-order valence-electron chi connectivity index (χ2n) is 7.35. The van der Waals surface area contributed by atoms with E-state index in [1.807, 2.05) is 12.1 Å². The monoisotopic (exact) mass is 298 g/mol. The quantitative estimate of drug-likeness (QED) is 0.890. The van der Waals surface area contributed by atoms with E-state index in [2.05, 4.69) is 49.2 Å². The standard InChI is InChI=1S/C19H26N2O/c1-19(2,3)18(21-10-8-20-9-11-21)16-5-4-15-13-17(22)7-6-14(15)12-16/h4-7,12-13,18,20,22H,8-11H2,1-3H3/t18-/m1/s1. The lowest BCUT2D eigenvalue weighted by Crippen LogP contribution is -2.48. The van der Waals surface area contributed by atoms with Crippen molar-refractivity contribution in [2.75, 3.05) is 26.2 Å². The van der Waals surface area contributed by atoms with Crippen LogP contribution in [0.3, 0.4) is 0 Å². The van der Waals surface area contributed by atoms with Crippen LogP contribution in [-0.4, -0.2) is 36.2 Å². The first kappa shape index (κ1) is 15.3. The van der Waals surface area contributed by atoms with Crippen molar-refractivity contribution in [1.29, 1.82) is 0 Å². The molecule has 0 aliphatic carbocycles. The highest BCUT2D eigenvalue weighted by Gasteiger charge is 2.32. The molecule has 1 atom stereocenters. The molecule has 3 rings (SSSR count). The van der Waals surface area contributed by atoms with Gasteiger partial charge in [0.2, 0.25) is 0 Å². The summed E-state index contributed by atoms with van der Waals surface area (Å²) in [4.78, 5) is 2.60. The molecular formula is C19H26N2O. The largest absolute Gasteiger partial charge is 0.508 e. The second-order valence-corrected chi connectivity index (χ2v) is 7.35. The van der Waals surface area contributed by atoms with Crippen molar-refractivity contribution in [3.8, 4) is 5.75 Å². The topological polar surface area (TPSA) is 35.5 Å². The van der Waals surface area contributed by atoms with Crippen molar-refractivity contribution in [3.05, 3.63) is 42.0 Å². The first-order valence-corrected chi connectivity index (χ1v) is 8.12. The van der Waals surface area contributed by atoms with Gasteiger partial charge in [-0.1, -0.05) is 39.0 Å². The van der Waals surface area contributed by atoms with Crippen molar-refractivity contribution < 1.29 is 5.11 Å². The van der Waals surface area contributed by atoms with Crippen molar-refractivity contribution in [1.82, 2.24) is 10.2 Å². The molecule has 1 fully saturated rings. The van der Waals surface area contributed by atoms with Gasteiger partial charge in [0.1, 0.15) is 5.75 Å². The molecule has 3 nitrogen and oxygen atoms in total. The van der Waals surface area contributed by atoms with E-state index in [9.17, 15) is 5.11 Å². The lowest BCUT2D eigenvalue weighted by atomic mass is 9.80. The van der Waals surface area contributed by atoms with Crippen molar-refractivity contribution in [2.45, 2.75) is 26.8 Å². The predicted octanol–water partition coefficient (Wildman–Crippen LogP) is 3.54. The fraction of sp³-hybridized carbons (Fsp3) is 0.474. The number of hydrogen-bond donors (Lipinski definition) is 2. The number of nitrogens with zero attached hydrogens (tertiary/aromatic N) is 1. The van der Waals surface area contributed by atoms with E-state index in [1.165, 1.54) is 10.9 Å². The van der Waals surface area contributed by atoms with Crippen molar-refractivity contribution in [3.63, 3.8) is 0 Å². The molecule has 1 aliphatic rings. The smallest absolute Gasteiger partial charge is 0.116 e. The summed E-state index contributed by atoms with van der Waals surface area (Å²) in [6.07, 6.45) is 0. The van der Waals surface area contributed by atoms with Crippen LogP contribution >= 0.6 is 0 Å². The van der Waals surface area contributed by atoms with Crippen LogP contribution in [0.15, 0.2) is 36.4 Å². The van der Waals surface area contributed by atoms with Crippen LogP contribution in [0.1, 0.15) is 32.4 Å². The van der Waals surface area contributed by atoms with E-state index in [-0.39, 0.29) is 5.41 Å². The summed E-state index contributed by atoms with van der Waals surface area (Å²) in [5.74, 6) is 0.328. The Labute approximate surface area is 132 Å². The number of fused-ring (bicyclic) bond motifs is 1. The number of phenolic OH excluding ortho intramolecular Hbond substituents is 1. The summed E-state index contributed by atoms with van der Waals surface area (Å²) >= 11 is 0. The number of hydrogen-bond acceptors (Lipinski definition) is 3. The molecular weight excluding hydrogens is 272 g/mol. The molecule has 3 heteroatoms. The van der Waals surface area contributed by atoms with E-state index < -0.39 is 0 Å². The van der Waals surface area contributed by atoms with Gasteiger partial charge in [0.15, 0.2) is 0 Å². The van der Waals surface area contributed by atoms with Crippen molar-refractivity contribution >= 4 is 10.8 Å². The van der Waals surface area contributed by atoms with Crippen LogP contribution in [0.4, 0.5) is 0 Å². The third kappa shape index (κ3) is 3.11. The maximum atomic E-state index is 9.63. The van der Waals surface area contributed by atoms with Crippen LogP contribution in [0.25, 0.3) is 10.8 Å². The molecule has 0 unspecified atom stereocenters. The van der Waals surface area contributed by atoms with Gasteiger partial charge in [-0.15, -0.1) is 0 Å². The maximum Gasteiger partial charge on any atom is 0.116 e. The van der Waals surface area contributed by atoms with Crippen LogP contribution in [0, 0.1) is 5.41 Å². The molecule has 1 saturated heterocycles. The third-order valence-electron chi connectivity index (χ3n) is 4.50. The lowest BCUT2D eigenvalue weighted by molar-refractivity contribution is 0.0863. The Hall–Kier alpha value is -1.58. The predicted molar refractivity (Wildman–Crippen MR) is 92.3 cm³/mol.